The normalized spacial score (nSPS) is 21.0. The zero-order valence-corrected chi connectivity index (χ0v) is 20.6. The van der Waals surface area contributed by atoms with Gasteiger partial charge in [-0.15, -0.1) is 0 Å². The molecule has 2 atom stereocenters. The second-order valence-corrected chi connectivity index (χ2v) is 10.1. The van der Waals surface area contributed by atoms with Crippen molar-refractivity contribution >= 4 is 11.7 Å². The fourth-order valence-electron chi connectivity index (χ4n) is 5.48. The first-order valence-electron chi connectivity index (χ1n) is 12.4. The number of allylic oxidation sites excluding steroid dienone is 1. The molecule has 2 fully saturated rings. The van der Waals surface area contributed by atoms with E-state index in [2.05, 4.69) is 80.3 Å². The van der Waals surface area contributed by atoms with E-state index in [0.29, 0.717) is 26.2 Å². The molecular weight excluding hydrogens is 434 g/mol. The van der Waals surface area contributed by atoms with Crippen LogP contribution in [0.3, 0.4) is 0 Å². The van der Waals surface area contributed by atoms with Gasteiger partial charge in [0.2, 0.25) is 0 Å². The largest absolute Gasteiger partial charge is 0.489 e. The lowest BCUT2D eigenvalue weighted by Gasteiger charge is -2.24. The van der Waals surface area contributed by atoms with E-state index in [4.69, 9.17) is 9.47 Å². The minimum Gasteiger partial charge on any atom is -0.489 e. The highest BCUT2D eigenvalue weighted by Gasteiger charge is 2.55. The number of cyclic esters (lactones) is 1. The molecule has 0 bridgehead atoms. The number of ether oxygens (including phenoxy) is 2. The maximum atomic E-state index is 12.6. The highest BCUT2D eigenvalue weighted by atomic mass is 16.5. The van der Waals surface area contributed by atoms with E-state index in [1.807, 2.05) is 12.1 Å². The van der Waals surface area contributed by atoms with Gasteiger partial charge in [-0.3, -0.25) is 4.79 Å². The predicted octanol–water partition coefficient (Wildman–Crippen LogP) is 6.55. The van der Waals surface area contributed by atoms with Crippen molar-refractivity contribution in [1.82, 2.24) is 0 Å². The summed E-state index contributed by atoms with van der Waals surface area (Å²) < 4.78 is 11.6. The highest BCUT2D eigenvalue weighted by molar-refractivity contribution is 5.81. The number of rotatable bonds is 8. The molecule has 1 N–H and O–H groups in total. The lowest BCUT2D eigenvalue weighted by molar-refractivity contribution is -0.146. The lowest BCUT2D eigenvalue weighted by atomic mass is 9.75. The summed E-state index contributed by atoms with van der Waals surface area (Å²) in [6.07, 6.45) is 2.36. The van der Waals surface area contributed by atoms with Crippen LogP contribution in [-0.4, -0.2) is 12.6 Å². The van der Waals surface area contributed by atoms with Gasteiger partial charge in [-0.1, -0.05) is 66.2 Å². The Morgan fingerprint density at radius 3 is 2.66 bits per heavy atom. The number of hydrogen-bond acceptors (Lipinski definition) is 4. The number of anilines is 1. The Labute approximate surface area is 208 Å². The van der Waals surface area contributed by atoms with Gasteiger partial charge in [0.25, 0.3) is 0 Å². The maximum absolute atomic E-state index is 12.6. The van der Waals surface area contributed by atoms with Crippen LogP contribution in [0.5, 0.6) is 5.75 Å². The molecule has 1 heterocycles. The number of carbonyl (C=O) groups excluding carboxylic acids is 1. The molecule has 4 heteroatoms. The Morgan fingerprint density at radius 1 is 1.06 bits per heavy atom. The molecule has 0 spiro atoms. The molecule has 1 aliphatic heterocycles. The Hall–Kier alpha value is -3.53. The summed E-state index contributed by atoms with van der Waals surface area (Å²) in [6, 6.07) is 23.0. The third-order valence-electron chi connectivity index (χ3n) is 7.52. The first kappa shape index (κ1) is 23.2. The molecule has 3 aromatic carbocycles. The number of fused-ring (bicyclic) bond motifs is 1. The van der Waals surface area contributed by atoms with Crippen LogP contribution in [0.15, 0.2) is 78.9 Å². The average Bonchev–Trinajstić information content (AvgIpc) is 3.32. The molecule has 0 amide bonds. The summed E-state index contributed by atoms with van der Waals surface area (Å²) in [4.78, 5) is 12.6. The van der Waals surface area contributed by atoms with Gasteiger partial charge in [0.15, 0.2) is 0 Å². The Kier molecular flexibility index (Phi) is 6.38. The second kappa shape index (κ2) is 9.61. The van der Waals surface area contributed by atoms with Gasteiger partial charge >= 0.3 is 5.97 Å². The first-order valence-corrected chi connectivity index (χ1v) is 12.4. The smallest absolute Gasteiger partial charge is 0.313 e. The summed E-state index contributed by atoms with van der Waals surface area (Å²) in [5.74, 6) is 1.11. The van der Waals surface area contributed by atoms with Crippen LogP contribution in [0.1, 0.15) is 40.7 Å². The molecule has 1 saturated carbocycles. The average molecular weight is 468 g/mol. The van der Waals surface area contributed by atoms with Crippen LogP contribution < -0.4 is 10.1 Å². The van der Waals surface area contributed by atoms with Crippen molar-refractivity contribution in [2.24, 2.45) is 11.3 Å². The standard InChI is InChI=1S/C31H33NO3/c1-21-8-13-29(34-19-25-7-5-4-6-23(25)3)26(14-21)18-32-28-11-9-24(10-12-28)17-31-16-22(2)15-27(31)20-35-30(31)33/h4-14,27,32H,2,15-20H2,1,3H3. The van der Waals surface area contributed by atoms with E-state index in [-0.39, 0.29) is 11.9 Å². The molecular formula is C31H33NO3. The molecule has 3 aromatic rings. The van der Waals surface area contributed by atoms with Crippen molar-refractivity contribution in [3.8, 4) is 5.75 Å². The van der Waals surface area contributed by atoms with E-state index in [1.165, 1.54) is 22.3 Å². The minimum atomic E-state index is -0.420. The Morgan fingerprint density at radius 2 is 1.86 bits per heavy atom. The number of nitrogens with one attached hydrogen (secondary N) is 1. The number of aryl methyl sites for hydroxylation is 2. The summed E-state index contributed by atoms with van der Waals surface area (Å²) in [7, 11) is 0. The van der Waals surface area contributed by atoms with Crippen LogP contribution in [0, 0.1) is 25.2 Å². The van der Waals surface area contributed by atoms with Crippen molar-refractivity contribution < 1.29 is 14.3 Å². The molecule has 1 aliphatic carbocycles. The van der Waals surface area contributed by atoms with Crippen LogP contribution in [0.25, 0.3) is 0 Å². The van der Waals surface area contributed by atoms with Gasteiger partial charge in [0.1, 0.15) is 12.4 Å². The topological polar surface area (TPSA) is 47.6 Å². The molecule has 2 aliphatic rings. The number of benzene rings is 3. The van der Waals surface area contributed by atoms with Crippen molar-refractivity contribution in [3.05, 3.63) is 107 Å². The fraction of sp³-hybridized carbons (Fsp3) is 0.323. The van der Waals surface area contributed by atoms with E-state index in [9.17, 15) is 4.79 Å². The second-order valence-electron chi connectivity index (χ2n) is 10.1. The van der Waals surface area contributed by atoms with Gasteiger partial charge in [0, 0.05) is 23.7 Å². The van der Waals surface area contributed by atoms with Gasteiger partial charge in [-0.25, -0.2) is 0 Å². The SMILES string of the molecule is C=C1CC2COC(=O)C2(Cc2ccc(NCc3cc(C)ccc3OCc3ccccc3C)cc2)C1. The van der Waals surface area contributed by atoms with Crippen LogP contribution in [0.4, 0.5) is 5.69 Å². The summed E-state index contributed by atoms with van der Waals surface area (Å²) in [6.45, 7) is 10.1. The van der Waals surface area contributed by atoms with E-state index >= 15 is 0 Å². The van der Waals surface area contributed by atoms with E-state index < -0.39 is 5.41 Å². The number of esters is 1. The van der Waals surface area contributed by atoms with Gasteiger partial charge < -0.3 is 14.8 Å². The molecule has 2 unspecified atom stereocenters. The molecule has 0 aromatic heterocycles. The molecule has 5 rings (SSSR count). The predicted molar refractivity (Wildman–Crippen MR) is 139 cm³/mol. The zero-order valence-electron chi connectivity index (χ0n) is 20.6. The molecule has 180 valence electrons. The fourth-order valence-corrected chi connectivity index (χ4v) is 5.48. The maximum Gasteiger partial charge on any atom is 0.313 e. The van der Waals surface area contributed by atoms with Crippen LogP contribution in [0.2, 0.25) is 0 Å². The molecule has 35 heavy (non-hydrogen) atoms. The number of hydrogen-bond donors (Lipinski definition) is 1. The summed E-state index contributed by atoms with van der Waals surface area (Å²) >= 11 is 0. The Balaban J connectivity index is 1.24. The number of carbonyl (C=O) groups is 1. The van der Waals surface area contributed by atoms with Crippen molar-refractivity contribution in [2.75, 3.05) is 11.9 Å². The van der Waals surface area contributed by atoms with Crippen molar-refractivity contribution in [1.29, 1.82) is 0 Å². The monoisotopic (exact) mass is 467 g/mol. The van der Waals surface area contributed by atoms with E-state index in [1.54, 1.807) is 0 Å². The van der Waals surface area contributed by atoms with Crippen molar-refractivity contribution in [3.63, 3.8) is 0 Å². The zero-order chi connectivity index (χ0) is 24.4. The molecule has 1 saturated heterocycles. The van der Waals surface area contributed by atoms with E-state index in [0.717, 1.165) is 35.4 Å². The summed E-state index contributed by atoms with van der Waals surface area (Å²) in [5, 5.41) is 3.53. The highest BCUT2D eigenvalue weighted by Crippen LogP contribution is 2.52. The van der Waals surface area contributed by atoms with Gasteiger partial charge in [-0.05, 0) is 68.0 Å². The lowest BCUT2D eigenvalue weighted by Crippen LogP contribution is -2.31. The van der Waals surface area contributed by atoms with Crippen LogP contribution >= 0.6 is 0 Å². The molecule has 0 radical (unpaired) electrons. The third kappa shape index (κ3) is 4.84. The first-order chi connectivity index (χ1) is 16.9. The van der Waals surface area contributed by atoms with Crippen LogP contribution in [-0.2, 0) is 29.1 Å². The third-order valence-corrected chi connectivity index (χ3v) is 7.52. The van der Waals surface area contributed by atoms with Gasteiger partial charge in [0.05, 0.1) is 12.0 Å². The minimum absolute atomic E-state index is 0.0546. The van der Waals surface area contributed by atoms with Crippen molar-refractivity contribution in [2.45, 2.75) is 46.3 Å². The summed E-state index contributed by atoms with van der Waals surface area (Å²) in [5.41, 5.74) is 7.71. The Bertz CT molecular complexity index is 1250. The quantitative estimate of drug-likeness (QED) is 0.302. The van der Waals surface area contributed by atoms with Gasteiger partial charge in [-0.2, -0.15) is 0 Å². The molecule has 4 nitrogen and oxygen atoms in total.